The molecule has 7 aromatic carbocycles. The van der Waals surface area contributed by atoms with Crippen LogP contribution in [0, 0.1) is 6.92 Å². The fraction of sp³-hybridized carbons (Fsp3) is 0.194. The highest BCUT2D eigenvalue weighted by Gasteiger charge is 2.54. The molecule has 0 radical (unpaired) electrons. The molecule has 7 aromatic rings. The van der Waals surface area contributed by atoms with Gasteiger partial charge >= 0.3 is 0 Å². The molecule has 0 fully saturated rings. The Balaban J connectivity index is 0.000000492. The third-order valence-electron chi connectivity index (χ3n) is 13.5. The average molecular weight is 803 g/mol. The maximum absolute atomic E-state index is 2.52. The maximum Gasteiger partial charge on any atom is 0.0682 e. The molecule has 1 spiro atoms. The molecule has 0 aliphatic heterocycles. The lowest BCUT2D eigenvalue weighted by molar-refractivity contribution is 0.536. The smallest absolute Gasteiger partial charge is 0.0682 e. The minimum absolute atomic E-state index is 0.0594. The van der Waals surface area contributed by atoms with Gasteiger partial charge in [-0.05, 0) is 135 Å². The SMILES string of the molecule is CC.CC1(C)C2=C(CCC=C2)C2(c3ccc(-c4ccc(-c5cccc(-c6ccccc6)c5)cc4)cc3-c3c(CC4=CC=CCC4)cccc32)c2ccccc21.Cc1ccccc1. The first kappa shape index (κ1) is 40.9. The van der Waals surface area contributed by atoms with Crippen LogP contribution in [0.2, 0.25) is 0 Å². The lowest BCUT2D eigenvalue weighted by Gasteiger charge is -2.48. The summed E-state index contributed by atoms with van der Waals surface area (Å²) >= 11 is 0. The number of aryl methyl sites for hydroxylation is 1. The van der Waals surface area contributed by atoms with Crippen molar-refractivity contribution in [2.75, 3.05) is 0 Å². The lowest BCUT2D eigenvalue weighted by atomic mass is 9.54. The first-order valence-corrected chi connectivity index (χ1v) is 22.8. The summed E-state index contributed by atoms with van der Waals surface area (Å²) in [6, 6.07) is 63.0. The molecule has 11 rings (SSSR count). The molecule has 0 amide bonds. The van der Waals surface area contributed by atoms with Crippen molar-refractivity contribution in [3.63, 3.8) is 0 Å². The number of benzene rings is 7. The van der Waals surface area contributed by atoms with Crippen molar-refractivity contribution in [1.29, 1.82) is 0 Å². The molecule has 0 nitrogen and oxygen atoms in total. The van der Waals surface area contributed by atoms with Crippen molar-refractivity contribution < 1.29 is 0 Å². The second-order valence-electron chi connectivity index (χ2n) is 17.5. The Hall–Kier alpha value is -6.50. The molecule has 0 heteroatoms. The zero-order valence-electron chi connectivity index (χ0n) is 37.1. The number of fused-ring (bicyclic) bond motifs is 8. The molecule has 0 N–H and O–H groups in total. The quantitative estimate of drug-likeness (QED) is 0.163. The minimum atomic E-state index is -0.306. The highest BCUT2D eigenvalue weighted by Crippen LogP contribution is 2.64. The van der Waals surface area contributed by atoms with E-state index >= 15 is 0 Å². The number of allylic oxidation sites excluding steroid dienone is 8. The summed E-state index contributed by atoms with van der Waals surface area (Å²) in [5.74, 6) is 0. The van der Waals surface area contributed by atoms with E-state index in [0.717, 1.165) is 32.1 Å². The van der Waals surface area contributed by atoms with Gasteiger partial charge in [0.25, 0.3) is 0 Å². The predicted molar refractivity (Wildman–Crippen MR) is 266 cm³/mol. The van der Waals surface area contributed by atoms with E-state index in [1.54, 1.807) is 5.57 Å². The zero-order valence-corrected chi connectivity index (χ0v) is 37.1. The fourth-order valence-electron chi connectivity index (χ4n) is 10.6. The topological polar surface area (TPSA) is 0 Å². The standard InChI is InChI=1S/C53H44.C7H8.C2H6/c1-52(2)46-22-9-11-24-48(46)53(49-25-12-10-23-47(49)52)45-32-31-42(35-44(45)51-43(21-14-26-50(51)53)33-36-15-5-3-6-16-36)39-29-27-38(28-30-39)41-20-13-19-40(34-41)37-17-7-4-8-18-37;1-7-5-3-2-4-6-7;1-2/h3-5,7-11,13-15,17-24,26-32,34-35H,6,12,16,25,33H2,1-2H3;2-6H,1H3;1-2H3. The molecule has 0 saturated heterocycles. The maximum atomic E-state index is 2.52. The normalized spacial score (nSPS) is 17.3. The Labute approximate surface area is 370 Å². The summed E-state index contributed by atoms with van der Waals surface area (Å²) in [7, 11) is 0. The molecular formula is C62H58. The van der Waals surface area contributed by atoms with E-state index in [1.165, 1.54) is 89.0 Å². The van der Waals surface area contributed by atoms with Crippen molar-refractivity contribution in [2.45, 2.75) is 77.6 Å². The molecule has 4 aliphatic carbocycles. The first-order valence-electron chi connectivity index (χ1n) is 22.8. The van der Waals surface area contributed by atoms with Crippen LogP contribution in [0.4, 0.5) is 0 Å². The molecule has 1 unspecified atom stereocenters. The van der Waals surface area contributed by atoms with Crippen molar-refractivity contribution in [2.24, 2.45) is 0 Å². The fourth-order valence-corrected chi connectivity index (χ4v) is 10.6. The molecular weight excluding hydrogens is 745 g/mol. The monoisotopic (exact) mass is 802 g/mol. The summed E-state index contributed by atoms with van der Waals surface area (Å²) < 4.78 is 0. The van der Waals surface area contributed by atoms with Gasteiger partial charge in [-0.1, -0.05) is 227 Å². The van der Waals surface area contributed by atoms with Crippen molar-refractivity contribution in [3.05, 3.63) is 250 Å². The Morgan fingerprint density at radius 2 is 1.05 bits per heavy atom. The lowest BCUT2D eigenvalue weighted by Crippen LogP contribution is -2.41. The van der Waals surface area contributed by atoms with E-state index < -0.39 is 0 Å². The van der Waals surface area contributed by atoms with Crippen molar-refractivity contribution in [3.8, 4) is 44.5 Å². The van der Waals surface area contributed by atoms with E-state index in [2.05, 4.69) is 203 Å². The Morgan fingerprint density at radius 1 is 0.484 bits per heavy atom. The number of hydrogen-bond acceptors (Lipinski definition) is 0. The molecule has 0 heterocycles. The van der Waals surface area contributed by atoms with Gasteiger partial charge in [0.1, 0.15) is 0 Å². The van der Waals surface area contributed by atoms with Gasteiger partial charge in [-0.25, -0.2) is 0 Å². The van der Waals surface area contributed by atoms with Gasteiger partial charge in [-0.3, -0.25) is 0 Å². The third kappa shape index (κ3) is 7.26. The van der Waals surface area contributed by atoms with Crippen LogP contribution in [-0.2, 0) is 17.3 Å². The Bertz CT molecular complexity index is 2840. The number of hydrogen-bond donors (Lipinski definition) is 0. The molecule has 0 saturated carbocycles. The molecule has 1 atom stereocenters. The molecule has 0 aromatic heterocycles. The molecule has 4 aliphatic rings. The van der Waals surface area contributed by atoms with Crippen molar-refractivity contribution >= 4 is 0 Å². The zero-order chi connectivity index (χ0) is 42.7. The Morgan fingerprint density at radius 3 is 1.71 bits per heavy atom. The van der Waals surface area contributed by atoms with E-state index in [0.29, 0.717) is 0 Å². The molecule has 62 heavy (non-hydrogen) atoms. The molecule has 306 valence electrons. The summed E-state index contributed by atoms with van der Waals surface area (Å²) in [5.41, 5.74) is 23.2. The van der Waals surface area contributed by atoms with E-state index in [9.17, 15) is 0 Å². The van der Waals surface area contributed by atoms with Gasteiger partial charge in [0.05, 0.1) is 5.41 Å². The van der Waals surface area contributed by atoms with Gasteiger partial charge in [0.2, 0.25) is 0 Å². The van der Waals surface area contributed by atoms with Crippen LogP contribution in [0.1, 0.15) is 86.8 Å². The predicted octanol–water partition coefficient (Wildman–Crippen LogP) is 16.8. The van der Waals surface area contributed by atoms with Crippen LogP contribution in [0.25, 0.3) is 44.5 Å². The molecule has 0 bridgehead atoms. The van der Waals surface area contributed by atoms with E-state index in [4.69, 9.17) is 0 Å². The summed E-state index contributed by atoms with van der Waals surface area (Å²) in [6.07, 6.45) is 17.2. The highest BCUT2D eigenvalue weighted by molar-refractivity contribution is 5.92. The second kappa shape index (κ2) is 17.5. The van der Waals surface area contributed by atoms with E-state index in [-0.39, 0.29) is 10.8 Å². The largest absolute Gasteiger partial charge is 0.0842 e. The van der Waals surface area contributed by atoms with E-state index in [1.807, 2.05) is 32.0 Å². The van der Waals surface area contributed by atoms with Gasteiger partial charge in [0.15, 0.2) is 0 Å². The van der Waals surface area contributed by atoms with Crippen LogP contribution in [-0.4, -0.2) is 0 Å². The van der Waals surface area contributed by atoms with Crippen LogP contribution in [0.3, 0.4) is 0 Å². The second-order valence-corrected chi connectivity index (χ2v) is 17.5. The summed E-state index contributed by atoms with van der Waals surface area (Å²) in [5, 5.41) is 0. The number of rotatable bonds is 5. The summed E-state index contributed by atoms with van der Waals surface area (Å²) in [4.78, 5) is 0. The van der Waals surface area contributed by atoms with Crippen LogP contribution >= 0.6 is 0 Å². The van der Waals surface area contributed by atoms with Crippen LogP contribution in [0.15, 0.2) is 217 Å². The van der Waals surface area contributed by atoms with Gasteiger partial charge in [-0.2, -0.15) is 0 Å². The van der Waals surface area contributed by atoms with Crippen LogP contribution < -0.4 is 0 Å². The van der Waals surface area contributed by atoms with Crippen LogP contribution in [0.5, 0.6) is 0 Å². The highest BCUT2D eigenvalue weighted by atomic mass is 14.6. The van der Waals surface area contributed by atoms with Gasteiger partial charge < -0.3 is 0 Å². The van der Waals surface area contributed by atoms with Gasteiger partial charge in [0, 0.05) is 5.41 Å². The third-order valence-corrected chi connectivity index (χ3v) is 13.5. The Kier molecular flexibility index (Phi) is 11.5. The first-order chi connectivity index (χ1) is 30.4. The summed E-state index contributed by atoms with van der Waals surface area (Å²) in [6.45, 7) is 11.0. The van der Waals surface area contributed by atoms with Gasteiger partial charge in [-0.15, -0.1) is 0 Å². The van der Waals surface area contributed by atoms with Crippen molar-refractivity contribution in [1.82, 2.24) is 0 Å². The average Bonchev–Trinajstić information content (AvgIpc) is 3.64. The minimum Gasteiger partial charge on any atom is -0.0842 e.